The molecular formula is C25H32N4O6. The maximum Gasteiger partial charge on any atom is 0.351 e. The van der Waals surface area contributed by atoms with Crippen LogP contribution in [0.3, 0.4) is 0 Å². The highest BCUT2D eigenvalue weighted by Gasteiger charge is 2.23. The van der Waals surface area contributed by atoms with Crippen LogP contribution in [0.15, 0.2) is 33.6 Å². The van der Waals surface area contributed by atoms with E-state index in [1.165, 1.54) is 0 Å². The topological polar surface area (TPSA) is 111 Å². The number of hydrogen-bond donors (Lipinski definition) is 0. The second-order valence-electron chi connectivity index (χ2n) is 9.38. The molecule has 0 amide bonds. The quantitative estimate of drug-likeness (QED) is 0.428. The molecule has 1 aromatic carbocycles. The van der Waals surface area contributed by atoms with Crippen molar-refractivity contribution in [3.05, 3.63) is 52.0 Å². The average Bonchev–Trinajstić information content (AvgIpc) is 3.31. The second kappa shape index (κ2) is 10.6. The maximum absolute atomic E-state index is 12.7. The van der Waals surface area contributed by atoms with Crippen LogP contribution in [-0.2, 0) is 34.5 Å². The van der Waals surface area contributed by atoms with Crippen LogP contribution in [0.1, 0.15) is 45.0 Å². The highest BCUT2D eigenvalue weighted by Crippen LogP contribution is 2.32. The zero-order valence-corrected chi connectivity index (χ0v) is 20.9. The first-order valence-corrected chi connectivity index (χ1v) is 11.7. The molecule has 0 saturated heterocycles. The van der Waals surface area contributed by atoms with Crippen LogP contribution in [0.5, 0.6) is 11.6 Å². The van der Waals surface area contributed by atoms with Gasteiger partial charge in [0.05, 0.1) is 12.3 Å². The lowest BCUT2D eigenvalue weighted by atomic mass is 9.97. The third-order valence-electron chi connectivity index (χ3n) is 5.59. The summed E-state index contributed by atoms with van der Waals surface area (Å²) in [6.07, 6.45) is 0.453. The Morgan fingerprint density at radius 3 is 2.69 bits per heavy atom. The van der Waals surface area contributed by atoms with Crippen molar-refractivity contribution >= 4 is 0 Å². The SMILES string of the molecule is CCOC(COC)COc1cc2n(c(=O)n1)CCc1cc(OCc3noc(C(C)(C)C)n3)ccc1-2. The Kier molecular flexibility index (Phi) is 7.51. The fourth-order valence-corrected chi connectivity index (χ4v) is 3.86. The highest BCUT2D eigenvalue weighted by molar-refractivity contribution is 5.67. The van der Waals surface area contributed by atoms with Crippen LogP contribution in [0.4, 0.5) is 0 Å². The van der Waals surface area contributed by atoms with E-state index in [-0.39, 0.29) is 36.3 Å². The van der Waals surface area contributed by atoms with Crippen molar-refractivity contribution < 1.29 is 23.5 Å². The Balaban J connectivity index is 1.49. The van der Waals surface area contributed by atoms with Crippen LogP contribution in [0.25, 0.3) is 11.3 Å². The van der Waals surface area contributed by atoms with Gasteiger partial charge in [-0.05, 0) is 37.1 Å². The van der Waals surface area contributed by atoms with Gasteiger partial charge in [0.1, 0.15) is 18.5 Å². The summed E-state index contributed by atoms with van der Waals surface area (Å²) in [5.41, 5.74) is 2.23. The van der Waals surface area contributed by atoms with Gasteiger partial charge in [-0.3, -0.25) is 4.57 Å². The van der Waals surface area contributed by atoms with Crippen molar-refractivity contribution in [3.8, 4) is 22.9 Å². The Bertz CT molecular complexity index is 1210. The minimum absolute atomic E-state index is 0.207. The first-order chi connectivity index (χ1) is 16.8. The monoisotopic (exact) mass is 484 g/mol. The van der Waals surface area contributed by atoms with Crippen molar-refractivity contribution in [1.82, 2.24) is 19.7 Å². The maximum atomic E-state index is 12.7. The Labute approximate surface area is 204 Å². The molecular weight excluding hydrogens is 452 g/mol. The number of methoxy groups -OCH3 is 1. The van der Waals surface area contributed by atoms with Gasteiger partial charge in [-0.2, -0.15) is 9.97 Å². The largest absolute Gasteiger partial charge is 0.485 e. The lowest BCUT2D eigenvalue weighted by molar-refractivity contribution is -0.0211. The van der Waals surface area contributed by atoms with E-state index >= 15 is 0 Å². The molecule has 2 aromatic heterocycles. The lowest BCUT2D eigenvalue weighted by Crippen LogP contribution is -2.30. The third-order valence-corrected chi connectivity index (χ3v) is 5.59. The van der Waals surface area contributed by atoms with Crippen molar-refractivity contribution in [2.45, 2.75) is 58.8 Å². The summed E-state index contributed by atoms with van der Waals surface area (Å²) < 4.78 is 29.5. The van der Waals surface area contributed by atoms with Gasteiger partial charge in [0.15, 0.2) is 6.61 Å². The summed E-state index contributed by atoms with van der Waals surface area (Å²) in [7, 11) is 1.61. The van der Waals surface area contributed by atoms with Gasteiger partial charge in [0.25, 0.3) is 0 Å². The average molecular weight is 485 g/mol. The number of fused-ring (bicyclic) bond motifs is 3. The standard InChI is InChI=1S/C25H32N4O6/c1-6-32-18(13-31-5)14-34-22-12-20-19-8-7-17(11-16(19)9-10-29(20)24(30)27-22)33-15-21-26-23(35-28-21)25(2,3)4/h7-8,11-12,18H,6,9-10,13-15H2,1-5H3. The summed E-state index contributed by atoms with van der Waals surface area (Å²) in [4.78, 5) is 21.2. The molecule has 1 unspecified atom stereocenters. The third kappa shape index (κ3) is 5.88. The van der Waals surface area contributed by atoms with E-state index in [0.29, 0.717) is 43.6 Å². The summed E-state index contributed by atoms with van der Waals surface area (Å²) in [6, 6.07) is 7.60. The van der Waals surface area contributed by atoms with Gasteiger partial charge in [0, 0.05) is 37.3 Å². The summed E-state index contributed by atoms with van der Waals surface area (Å²) in [6.45, 7) is 9.87. The molecule has 0 radical (unpaired) electrons. The number of ether oxygens (including phenoxy) is 4. The molecule has 0 saturated carbocycles. The van der Waals surface area contributed by atoms with Gasteiger partial charge in [-0.15, -0.1) is 0 Å². The molecule has 1 aliphatic heterocycles. The van der Waals surface area contributed by atoms with Crippen LogP contribution in [-0.4, -0.2) is 52.7 Å². The van der Waals surface area contributed by atoms with Crippen molar-refractivity contribution in [1.29, 1.82) is 0 Å². The van der Waals surface area contributed by atoms with Crippen molar-refractivity contribution in [2.24, 2.45) is 0 Å². The number of rotatable bonds is 10. The van der Waals surface area contributed by atoms with Crippen molar-refractivity contribution in [3.63, 3.8) is 0 Å². The molecule has 3 heterocycles. The van der Waals surface area contributed by atoms with Gasteiger partial charge < -0.3 is 23.5 Å². The van der Waals surface area contributed by atoms with Crippen LogP contribution in [0.2, 0.25) is 0 Å². The van der Waals surface area contributed by atoms with Crippen LogP contribution in [0, 0.1) is 0 Å². The molecule has 35 heavy (non-hydrogen) atoms. The zero-order chi connectivity index (χ0) is 25.0. The molecule has 0 spiro atoms. The first-order valence-electron chi connectivity index (χ1n) is 11.7. The molecule has 0 N–H and O–H groups in total. The molecule has 10 heteroatoms. The molecule has 0 aliphatic carbocycles. The smallest absolute Gasteiger partial charge is 0.351 e. The van der Waals surface area contributed by atoms with Crippen LogP contribution >= 0.6 is 0 Å². The van der Waals surface area contributed by atoms with Gasteiger partial charge in [0.2, 0.25) is 17.6 Å². The summed E-state index contributed by atoms with van der Waals surface area (Å²) >= 11 is 0. The fourth-order valence-electron chi connectivity index (χ4n) is 3.86. The van der Waals surface area contributed by atoms with Gasteiger partial charge in [-0.25, -0.2) is 4.79 Å². The van der Waals surface area contributed by atoms with Gasteiger partial charge >= 0.3 is 5.69 Å². The summed E-state index contributed by atoms with van der Waals surface area (Å²) in [5, 5.41) is 4.00. The first kappa shape index (κ1) is 24.9. The summed E-state index contributed by atoms with van der Waals surface area (Å²) in [5.74, 6) is 2.04. The molecule has 4 rings (SSSR count). The normalized spacial score (nSPS) is 13.7. The van der Waals surface area contributed by atoms with E-state index in [1.54, 1.807) is 17.7 Å². The Hall–Kier alpha value is -3.24. The van der Waals surface area contributed by atoms with Crippen LogP contribution < -0.4 is 15.2 Å². The van der Waals surface area contributed by atoms with E-state index in [4.69, 9.17) is 23.5 Å². The Morgan fingerprint density at radius 2 is 1.97 bits per heavy atom. The van der Waals surface area contributed by atoms with Gasteiger partial charge in [-0.1, -0.05) is 25.9 Å². The molecule has 0 fully saturated rings. The number of nitrogens with zero attached hydrogens (tertiary/aromatic N) is 4. The molecule has 10 nitrogen and oxygen atoms in total. The molecule has 188 valence electrons. The van der Waals surface area contributed by atoms with E-state index < -0.39 is 0 Å². The van der Waals surface area contributed by atoms with E-state index in [0.717, 1.165) is 16.8 Å². The fraction of sp³-hybridized carbons (Fsp3) is 0.520. The second-order valence-corrected chi connectivity index (χ2v) is 9.38. The Morgan fingerprint density at radius 1 is 1.14 bits per heavy atom. The molecule has 3 aromatic rings. The number of aryl methyl sites for hydroxylation is 1. The van der Waals surface area contributed by atoms with Crippen molar-refractivity contribution in [2.75, 3.05) is 26.9 Å². The van der Waals surface area contributed by atoms with E-state index in [2.05, 4.69) is 15.1 Å². The minimum Gasteiger partial charge on any atom is -0.485 e. The van der Waals surface area contributed by atoms with E-state index in [1.807, 2.05) is 45.9 Å². The predicted molar refractivity (Wildman–Crippen MR) is 128 cm³/mol. The molecule has 0 bridgehead atoms. The molecule has 1 aliphatic rings. The number of hydrogen-bond acceptors (Lipinski definition) is 9. The number of aromatic nitrogens is 4. The zero-order valence-electron chi connectivity index (χ0n) is 20.9. The molecule has 1 atom stereocenters. The van der Waals surface area contributed by atoms with E-state index in [9.17, 15) is 4.79 Å². The lowest BCUT2D eigenvalue weighted by Gasteiger charge is -2.23. The highest BCUT2D eigenvalue weighted by atomic mass is 16.6. The predicted octanol–water partition coefficient (Wildman–Crippen LogP) is 3.16. The number of benzene rings is 1. The minimum atomic E-state index is -0.338.